The van der Waals surface area contributed by atoms with Gasteiger partial charge in [-0.25, -0.2) is 0 Å². The normalized spacial score (nSPS) is 26.7. The van der Waals surface area contributed by atoms with Crippen molar-refractivity contribution in [3.05, 3.63) is 35.9 Å². The molecule has 0 radical (unpaired) electrons. The monoisotopic (exact) mass is 424 g/mol. The van der Waals surface area contributed by atoms with Gasteiger partial charge in [-0.3, -0.25) is 19.2 Å². The molecular weight excluding hydrogens is 404 g/mol. The van der Waals surface area contributed by atoms with E-state index in [2.05, 4.69) is 5.32 Å². The number of ether oxygens (including phenoxy) is 1. The predicted molar refractivity (Wildman–Crippen MR) is 105 cm³/mol. The number of rotatable bonds is 4. The molecule has 28 heavy (non-hydrogen) atoms. The first-order valence-electron chi connectivity index (χ1n) is 8.76. The summed E-state index contributed by atoms with van der Waals surface area (Å²) in [5.41, 5.74) is -1.95. The molecule has 2 saturated heterocycles. The zero-order valence-electron chi connectivity index (χ0n) is 15.7. The maximum absolute atomic E-state index is 12.7. The lowest BCUT2D eigenvalue weighted by Crippen LogP contribution is -2.74. The fourth-order valence-electron chi connectivity index (χ4n) is 3.09. The minimum absolute atomic E-state index is 0.0798. The summed E-state index contributed by atoms with van der Waals surface area (Å²) in [5.74, 6) is -1.37. The maximum Gasteiger partial charge on any atom is 0.324 e. The highest BCUT2D eigenvalue weighted by Crippen LogP contribution is 2.44. The molecule has 2 amide bonds. The smallest absolute Gasteiger partial charge is 0.324 e. The number of hydrogen-bond acceptors (Lipinski definition) is 6. The molecule has 2 fully saturated rings. The standard InChI is InChI=1S/C19H21ClN2O5S/c1-18(2,3)27-17(26)19(16(20)25)9-22-14(24)12(15(22)28-10-19)21-13(23)11-7-5-4-6-8-11/h4-8,12,15H,9-10H2,1-3H3,(H,21,23)/t12?,15-,19?/m1/s1. The topological polar surface area (TPSA) is 92.8 Å². The van der Waals surface area contributed by atoms with E-state index in [0.29, 0.717) is 5.56 Å². The van der Waals surface area contributed by atoms with E-state index >= 15 is 0 Å². The molecule has 3 rings (SSSR count). The highest BCUT2D eigenvalue weighted by atomic mass is 35.5. The molecule has 2 heterocycles. The molecule has 0 spiro atoms. The van der Waals surface area contributed by atoms with Crippen LogP contribution in [0.25, 0.3) is 0 Å². The second-order valence-corrected chi connectivity index (χ2v) is 9.29. The molecule has 3 atom stereocenters. The van der Waals surface area contributed by atoms with Crippen molar-refractivity contribution >= 4 is 46.4 Å². The molecule has 1 aromatic carbocycles. The van der Waals surface area contributed by atoms with Crippen molar-refractivity contribution in [2.45, 2.75) is 37.8 Å². The Balaban J connectivity index is 1.71. The molecule has 0 aliphatic carbocycles. The van der Waals surface area contributed by atoms with Crippen LogP contribution < -0.4 is 5.32 Å². The van der Waals surface area contributed by atoms with Crippen molar-refractivity contribution in [3.8, 4) is 0 Å². The van der Waals surface area contributed by atoms with Gasteiger partial charge in [-0.15, -0.1) is 11.8 Å². The maximum atomic E-state index is 12.7. The van der Waals surface area contributed by atoms with Crippen LogP contribution in [0.3, 0.4) is 0 Å². The number of nitrogens with one attached hydrogen (secondary N) is 1. The Morgan fingerprint density at radius 3 is 2.46 bits per heavy atom. The fraction of sp³-hybridized carbons (Fsp3) is 0.474. The highest BCUT2D eigenvalue weighted by molar-refractivity contribution is 8.00. The summed E-state index contributed by atoms with van der Waals surface area (Å²) >= 11 is 7.00. The summed E-state index contributed by atoms with van der Waals surface area (Å²) in [6.07, 6.45) is 0. The van der Waals surface area contributed by atoms with Crippen molar-refractivity contribution in [1.29, 1.82) is 0 Å². The summed E-state index contributed by atoms with van der Waals surface area (Å²) in [6.45, 7) is 4.93. The molecular formula is C19H21ClN2O5S. The number of carbonyl (C=O) groups is 4. The number of carbonyl (C=O) groups excluding carboxylic acids is 4. The van der Waals surface area contributed by atoms with E-state index in [0.717, 1.165) is 0 Å². The molecule has 0 aromatic heterocycles. The Kier molecular flexibility index (Phi) is 5.46. The lowest BCUT2D eigenvalue weighted by atomic mass is 9.88. The first-order valence-corrected chi connectivity index (χ1v) is 10.2. The first-order chi connectivity index (χ1) is 13.0. The number of benzene rings is 1. The number of β-lactam (4-membered cyclic amide) rings is 1. The number of hydrogen-bond donors (Lipinski definition) is 1. The summed E-state index contributed by atoms with van der Waals surface area (Å²) in [7, 11) is 0. The van der Waals surface area contributed by atoms with Crippen molar-refractivity contribution in [2.24, 2.45) is 5.41 Å². The van der Waals surface area contributed by atoms with E-state index < -0.39 is 28.3 Å². The van der Waals surface area contributed by atoms with Crippen LogP contribution in [0.5, 0.6) is 0 Å². The minimum Gasteiger partial charge on any atom is -0.459 e. The van der Waals surface area contributed by atoms with Gasteiger partial charge in [-0.2, -0.15) is 0 Å². The van der Waals surface area contributed by atoms with Crippen molar-refractivity contribution < 1.29 is 23.9 Å². The number of thioether (sulfide) groups is 1. The van der Waals surface area contributed by atoms with E-state index in [1.54, 1.807) is 51.1 Å². The molecule has 150 valence electrons. The Hall–Kier alpha value is -2.06. The average Bonchev–Trinajstić information content (AvgIpc) is 2.64. The number of amides is 2. The molecule has 1 N–H and O–H groups in total. The summed E-state index contributed by atoms with van der Waals surface area (Å²) in [5, 5.41) is 1.52. The Labute approximate surface area is 172 Å². The second kappa shape index (κ2) is 7.40. The molecule has 9 heteroatoms. The fourth-order valence-corrected chi connectivity index (χ4v) is 4.90. The van der Waals surface area contributed by atoms with Crippen LogP contribution in [0, 0.1) is 5.41 Å². The number of nitrogens with zero attached hydrogens (tertiary/aromatic N) is 1. The highest BCUT2D eigenvalue weighted by Gasteiger charge is 2.60. The van der Waals surface area contributed by atoms with Gasteiger partial charge in [-0.1, -0.05) is 18.2 Å². The van der Waals surface area contributed by atoms with Gasteiger partial charge < -0.3 is 15.0 Å². The Morgan fingerprint density at radius 2 is 1.89 bits per heavy atom. The van der Waals surface area contributed by atoms with Crippen molar-refractivity contribution in [2.75, 3.05) is 12.3 Å². The lowest BCUT2D eigenvalue weighted by Gasteiger charge is -2.53. The van der Waals surface area contributed by atoms with Gasteiger partial charge in [0.1, 0.15) is 17.0 Å². The SMILES string of the molecule is CC(C)(C)OC(=O)C1(C(=O)Cl)CS[C@@H]2C(NC(=O)c3ccccc3)C(=O)N2C1. The van der Waals surface area contributed by atoms with Gasteiger partial charge in [0.2, 0.25) is 11.1 Å². The molecule has 2 unspecified atom stereocenters. The predicted octanol–water partition coefficient (Wildman–Crippen LogP) is 1.79. The third-order valence-electron chi connectivity index (χ3n) is 4.57. The van der Waals surface area contributed by atoms with Gasteiger partial charge in [0.15, 0.2) is 5.41 Å². The summed E-state index contributed by atoms with van der Waals surface area (Å²) in [4.78, 5) is 51.1. The summed E-state index contributed by atoms with van der Waals surface area (Å²) < 4.78 is 5.37. The molecule has 1 aromatic rings. The van der Waals surface area contributed by atoms with E-state index in [4.69, 9.17) is 16.3 Å². The minimum atomic E-state index is -1.61. The van der Waals surface area contributed by atoms with Crippen LogP contribution in [0.2, 0.25) is 0 Å². The van der Waals surface area contributed by atoms with Crippen LogP contribution >= 0.6 is 23.4 Å². The summed E-state index contributed by atoms with van der Waals surface area (Å²) in [6, 6.07) is 7.87. The number of halogens is 1. The third kappa shape index (κ3) is 3.75. The largest absolute Gasteiger partial charge is 0.459 e. The van der Waals surface area contributed by atoms with Crippen LogP contribution in [0.1, 0.15) is 31.1 Å². The zero-order valence-corrected chi connectivity index (χ0v) is 17.3. The zero-order chi connectivity index (χ0) is 20.7. The third-order valence-corrected chi connectivity index (χ3v) is 6.46. The van der Waals surface area contributed by atoms with E-state index in [9.17, 15) is 19.2 Å². The van der Waals surface area contributed by atoms with Gasteiger partial charge in [0, 0.05) is 17.9 Å². The average molecular weight is 425 g/mol. The lowest BCUT2D eigenvalue weighted by molar-refractivity contribution is -0.171. The Morgan fingerprint density at radius 1 is 1.25 bits per heavy atom. The molecule has 0 saturated carbocycles. The van der Waals surface area contributed by atoms with E-state index in [1.165, 1.54) is 16.7 Å². The van der Waals surface area contributed by atoms with Crippen LogP contribution in [-0.2, 0) is 19.1 Å². The first kappa shape index (κ1) is 20.7. The number of esters is 1. The molecule has 0 bridgehead atoms. The van der Waals surface area contributed by atoms with E-state index in [-0.39, 0.29) is 29.5 Å². The quantitative estimate of drug-likeness (QED) is 0.343. The van der Waals surface area contributed by atoms with E-state index in [1.807, 2.05) is 0 Å². The van der Waals surface area contributed by atoms with Crippen molar-refractivity contribution in [3.63, 3.8) is 0 Å². The number of fused-ring (bicyclic) bond motifs is 1. The van der Waals surface area contributed by atoms with Gasteiger partial charge in [-0.05, 0) is 44.5 Å². The van der Waals surface area contributed by atoms with Crippen molar-refractivity contribution in [1.82, 2.24) is 10.2 Å². The molecule has 7 nitrogen and oxygen atoms in total. The second-order valence-electron chi connectivity index (χ2n) is 7.84. The molecule has 2 aliphatic heterocycles. The molecule has 2 aliphatic rings. The van der Waals surface area contributed by atoms with Gasteiger partial charge in [0.05, 0.1) is 0 Å². The van der Waals surface area contributed by atoms with Crippen LogP contribution in [0.15, 0.2) is 30.3 Å². The van der Waals surface area contributed by atoms with Gasteiger partial charge >= 0.3 is 5.97 Å². The van der Waals surface area contributed by atoms with Crippen LogP contribution in [0.4, 0.5) is 0 Å². The Bertz CT molecular complexity index is 825. The van der Waals surface area contributed by atoms with Crippen LogP contribution in [-0.4, -0.2) is 57.2 Å². The van der Waals surface area contributed by atoms with Gasteiger partial charge in [0.25, 0.3) is 5.91 Å².